The van der Waals surface area contributed by atoms with Gasteiger partial charge < -0.3 is 10.4 Å². The fourth-order valence-electron chi connectivity index (χ4n) is 1.94. The second-order valence-electron chi connectivity index (χ2n) is 4.64. The number of thiophene rings is 1. The normalized spacial score (nSPS) is 12.2. The van der Waals surface area contributed by atoms with Crippen molar-refractivity contribution in [3.05, 3.63) is 55.7 Å². The average Bonchev–Trinajstić information content (AvgIpc) is 2.81. The van der Waals surface area contributed by atoms with E-state index in [4.69, 9.17) is 23.2 Å². The summed E-state index contributed by atoms with van der Waals surface area (Å²) < 4.78 is 0. The van der Waals surface area contributed by atoms with Crippen molar-refractivity contribution in [3.8, 4) is 0 Å². The van der Waals surface area contributed by atoms with E-state index < -0.39 is 6.10 Å². The third-order valence-corrected chi connectivity index (χ3v) is 4.62. The standard InChI is InChI=1S/C15H15Cl2NO2S/c1-9-5-6-10(21-9)7-14(20)18-8-13(19)15-11(16)3-2-4-12(15)17/h2-6,13,19H,7-8H2,1H3,(H,18,20). The Balaban J connectivity index is 1.91. The Kier molecular flexibility index (Phi) is 5.65. The maximum Gasteiger partial charge on any atom is 0.225 e. The summed E-state index contributed by atoms with van der Waals surface area (Å²) in [5.41, 5.74) is 0.438. The zero-order valence-corrected chi connectivity index (χ0v) is 13.7. The molecule has 1 heterocycles. The van der Waals surface area contributed by atoms with Crippen LogP contribution >= 0.6 is 34.5 Å². The smallest absolute Gasteiger partial charge is 0.225 e. The van der Waals surface area contributed by atoms with Crippen LogP contribution in [0.5, 0.6) is 0 Å². The monoisotopic (exact) mass is 343 g/mol. The number of hydrogen-bond acceptors (Lipinski definition) is 3. The minimum atomic E-state index is -0.930. The number of aliphatic hydroxyl groups is 1. The molecule has 0 aliphatic rings. The number of aliphatic hydroxyl groups excluding tert-OH is 1. The summed E-state index contributed by atoms with van der Waals surface area (Å²) in [6.45, 7) is 2.07. The summed E-state index contributed by atoms with van der Waals surface area (Å²) in [6, 6.07) is 8.93. The molecule has 6 heteroatoms. The van der Waals surface area contributed by atoms with Crippen molar-refractivity contribution in [2.45, 2.75) is 19.4 Å². The largest absolute Gasteiger partial charge is 0.386 e. The number of carbonyl (C=O) groups excluding carboxylic acids is 1. The number of halogens is 2. The van der Waals surface area contributed by atoms with Crippen LogP contribution in [-0.2, 0) is 11.2 Å². The molecule has 0 saturated heterocycles. The number of carbonyl (C=O) groups is 1. The van der Waals surface area contributed by atoms with Crippen molar-refractivity contribution in [1.29, 1.82) is 0 Å². The summed E-state index contributed by atoms with van der Waals surface area (Å²) in [6.07, 6.45) is -0.623. The predicted octanol–water partition coefficient (Wildman–Crippen LogP) is 3.76. The Bertz CT molecular complexity index is 622. The van der Waals surface area contributed by atoms with E-state index in [0.29, 0.717) is 22.0 Å². The summed E-state index contributed by atoms with van der Waals surface area (Å²) in [5, 5.41) is 13.6. The highest BCUT2D eigenvalue weighted by Gasteiger charge is 2.16. The molecule has 2 N–H and O–H groups in total. The Hall–Kier alpha value is -1.07. The highest BCUT2D eigenvalue weighted by molar-refractivity contribution is 7.12. The van der Waals surface area contributed by atoms with Crippen molar-refractivity contribution < 1.29 is 9.90 Å². The molecule has 21 heavy (non-hydrogen) atoms. The van der Waals surface area contributed by atoms with E-state index in [-0.39, 0.29) is 12.5 Å². The van der Waals surface area contributed by atoms with Crippen molar-refractivity contribution in [2.75, 3.05) is 6.54 Å². The van der Waals surface area contributed by atoms with E-state index in [9.17, 15) is 9.90 Å². The molecule has 1 atom stereocenters. The van der Waals surface area contributed by atoms with Crippen LogP contribution < -0.4 is 5.32 Å². The van der Waals surface area contributed by atoms with E-state index in [1.807, 2.05) is 19.1 Å². The molecule has 2 rings (SSSR count). The number of aryl methyl sites for hydroxylation is 1. The molecule has 1 aromatic heterocycles. The van der Waals surface area contributed by atoms with Gasteiger partial charge in [-0.3, -0.25) is 4.79 Å². The molecule has 1 amide bonds. The third kappa shape index (κ3) is 4.45. The van der Waals surface area contributed by atoms with Crippen LogP contribution in [0.1, 0.15) is 21.4 Å². The molecular formula is C15H15Cl2NO2S. The molecular weight excluding hydrogens is 329 g/mol. The quantitative estimate of drug-likeness (QED) is 0.868. The van der Waals surface area contributed by atoms with E-state index in [1.54, 1.807) is 29.5 Å². The van der Waals surface area contributed by atoms with Gasteiger partial charge in [-0.25, -0.2) is 0 Å². The van der Waals surface area contributed by atoms with Crippen LogP contribution in [0.2, 0.25) is 10.0 Å². The van der Waals surface area contributed by atoms with Crippen molar-refractivity contribution in [1.82, 2.24) is 5.32 Å². The van der Waals surface area contributed by atoms with E-state index in [1.165, 1.54) is 4.88 Å². The van der Waals surface area contributed by atoms with Crippen LogP contribution in [0.25, 0.3) is 0 Å². The Morgan fingerprint density at radius 1 is 1.29 bits per heavy atom. The summed E-state index contributed by atoms with van der Waals surface area (Å²) in [7, 11) is 0. The zero-order chi connectivity index (χ0) is 15.4. The molecule has 3 nitrogen and oxygen atoms in total. The number of benzene rings is 1. The van der Waals surface area contributed by atoms with Gasteiger partial charge in [0.25, 0.3) is 0 Å². The second-order valence-corrected chi connectivity index (χ2v) is 6.83. The average molecular weight is 344 g/mol. The number of hydrogen-bond donors (Lipinski definition) is 2. The van der Waals surface area contributed by atoms with Crippen molar-refractivity contribution in [3.63, 3.8) is 0 Å². The van der Waals surface area contributed by atoms with E-state index in [0.717, 1.165) is 4.88 Å². The van der Waals surface area contributed by atoms with Gasteiger partial charge in [0, 0.05) is 31.9 Å². The lowest BCUT2D eigenvalue weighted by atomic mass is 10.1. The van der Waals surface area contributed by atoms with Gasteiger partial charge in [-0.2, -0.15) is 0 Å². The van der Waals surface area contributed by atoms with Gasteiger partial charge in [0.1, 0.15) is 0 Å². The molecule has 1 aromatic carbocycles. The molecule has 0 saturated carbocycles. The van der Waals surface area contributed by atoms with Gasteiger partial charge in [0.2, 0.25) is 5.91 Å². The van der Waals surface area contributed by atoms with Gasteiger partial charge >= 0.3 is 0 Å². The molecule has 0 aliphatic heterocycles. The molecule has 2 aromatic rings. The predicted molar refractivity (Wildman–Crippen MR) is 87.2 cm³/mol. The lowest BCUT2D eigenvalue weighted by molar-refractivity contribution is -0.120. The van der Waals surface area contributed by atoms with Crippen molar-refractivity contribution in [2.24, 2.45) is 0 Å². The first-order chi connectivity index (χ1) is 9.97. The lowest BCUT2D eigenvalue weighted by Crippen LogP contribution is -2.29. The molecule has 1 unspecified atom stereocenters. The first kappa shape index (κ1) is 16.3. The fourth-order valence-corrected chi connectivity index (χ4v) is 3.48. The van der Waals surface area contributed by atoms with Gasteiger partial charge in [0.05, 0.1) is 12.5 Å². The Labute approximate surface area is 137 Å². The number of rotatable bonds is 5. The van der Waals surface area contributed by atoms with E-state index in [2.05, 4.69) is 5.32 Å². The van der Waals surface area contributed by atoms with Crippen LogP contribution in [-0.4, -0.2) is 17.6 Å². The highest BCUT2D eigenvalue weighted by atomic mass is 35.5. The highest BCUT2D eigenvalue weighted by Crippen LogP contribution is 2.29. The minimum Gasteiger partial charge on any atom is -0.386 e. The first-order valence-corrected chi connectivity index (χ1v) is 7.98. The minimum absolute atomic E-state index is 0.0760. The van der Waals surface area contributed by atoms with Gasteiger partial charge in [-0.1, -0.05) is 29.3 Å². The maximum atomic E-state index is 11.8. The van der Waals surface area contributed by atoms with Gasteiger partial charge in [-0.15, -0.1) is 11.3 Å². The summed E-state index contributed by atoms with van der Waals surface area (Å²) >= 11 is 13.6. The van der Waals surface area contributed by atoms with E-state index >= 15 is 0 Å². The second kappa shape index (κ2) is 7.27. The molecule has 0 aliphatic carbocycles. The first-order valence-electron chi connectivity index (χ1n) is 6.41. The van der Waals surface area contributed by atoms with Crippen LogP contribution in [0.15, 0.2) is 30.3 Å². The van der Waals surface area contributed by atoms with Gasteiger partial charge in [-0.05, 0) is 31.2 Å². The Morgan fingerprint density at radius 2 is 1.95 bits per heavy atom. The third-order valence-electron chi connectivity index (χ3n) is 2.96. The van der Waals surface area contributed by atoms with Crippen LogP contribution in [0, 0.1) is 6.92 Å². The lowest BCUT2D eigenvalue weighted by Gasteiger charge is -2.15. The fraction of sp³-hybridized carbons (Fsp3) is 0.267. The molecule has 0 fully saturated rings. The summed E-state index contributed by atoms with van der Waals surface area (Å²) in [5.74, 6) is -0.140. The van der Waals surface area contributed by atoms with Crippen LogP contribution in [0.3, 0.4) is 0 Å². The number of nitrogens with one attached hydrogen (secondary N) is 1. The topological polar surface area (TPSA) is 49.3 Å². The molecule has 0 radical (unpaired) electrons. The maximum absolute atomic E-state index is 11.8. The SMILES string of the molecule is Cc1ccc(CC(=O)NCC(O)c2c(Cl)cccc2Cl)s1. The van der Waals surface area contributed by atoms with Crippen LogP contribution in [0.4, 0.5) is 0 Å². The molecule has 0 bridgehead atoms. The number of amides is 1. The van der Waals surface area contributed by atoms with Gasteiger partial charge in [0.15, 0.2) is 0 Å². The molecule has 0 spiro atoms. The van der Waals surface area contributed by atoms with Crippen molar-refractivity contribution >= 4 is 40.4 Å². The Morgan fingerprint density at radius 3 is 2.52 bits per heavy atom. The molecule has 112 valence electrons. The summed E-state index contributed by atoms with van der Waals surface area (Å²) in [4.78, 5) is 14.0. The zero-order valence-electron chi connectivity index (χ0n) is 11.4.